The molecule has 2 rings (SSSR count). The molecule has 0 spiro atoms. The van der Waals surface area contributed by atoms with Gasteiger partial charge < -0.3 is 4.98 Å². The minimum Gasteiger partial charge on any atom is -0.344 e. The normalized spacial score (nSPS) is 10.6. The first-order chi connectivity index (χ1) is 6.20. The number of hydrogen-bond donors (Lipinski definition) is 1. The molecule has 0 amide bonds. The zero-order valence-electron chi connectivity index (χ0n) is 6.47. The maximum atomic E-state index is 11.5. The zero-order valence-corrected chi connectivity index (χ0v) is 7.99. The van der Waals surface area contributed by atoms with E-state index in [9.17, 15) is 4.79 Å². The Bertz CT molecular complexity index is 518. The van der Waals surface area contributed by atoms with E-state index in [0.29, 0.717) is 10.9 Å². The summed E-state index contributed by atoms with van der Waals surface area (Å²) in [5, 5.41) is 0.780. The molecular formula is C9H5Cl2NO. The number of hydrogen-bond acceptors (Lipinski definition) is 1. The fourth-order valence-corrected chi connectivity index (χ4v) is 1.52. The van der Waals surface area contributed by atoms with Gasteiger partial charge in [0.15, 0.2) is 0 Å². The number of fused-ring (bicyclic) bond motifs is 1. The number of aromatic amines is 1. The predicted molar refractivity (Wildman–Crippen MR) is 54.6 cm³/mol. The monoisotopic (exact) mass is 213 g/mol. The van der Waals surface area contributed by atoms with Gasteiger partial charge in [0.2, 0.25) is 5.43 Å². The van der Waals surface area contributed by atoms with Crippen molar-refractivity contribution in [3.05, 3.63) is 44.7 Å². The molecule has 0 saturated carbocycles. The number of benzene rings is 1. The predicted octanol–water partition coefficient (Wildman–Crippen LogP) is 2.83. The van der Waals surface area contributed by atoms with Gasteiger partial charge in [-0.05, 0) is 12.1 Å². The third-order valence-corrected chi connectivity index (χ3v) is 2.55. The van der Waals surface area contributed by atoms with Crippen LogP contribution in [0.25, 0.3) is 10.9 Å². The zero-order chi connectivity index (χ0) is 9.42. The van der Waals surface area contributed by atoms with Crippen LogP contribution in [-0.4, -0.2) is 4.98 Å². The molecule has 0 radical (unpaired) electrons. The Labute approximate surface area is 84.1 Å². The van der Waals surface area contributed by atoms with E-state index in [0.717, 1.165) is 0 Å². The van der Waals surface area contributed by atoms with Crippen molar-refractivity contribution in [2.24, 2.45) is 0 Å². The van der Waals surface area contributed by atoms with Crippen LogP contribution in [0, 0.1) is 0 Å². The fraction of sp³-hybridized carbons (Fsp3) is 0. The molecule has 1 heterocycles. The number of pyridine rings is 1. The summed E-state index contributed by atoms with van der Waals surface area (Å²) in [5.41, 5.74) is 0.461. The van der Waals surface area contributed by atoms with Gasteiger partial charge in [0.05, 0.1) is 5.52 Å². The van der Waals surface area contributed by atoms with Gasteiger partial charge in [0, 0.05) is 5.39 Å². The third-order valence-electron chi connectivity index (χ3n) is 1.81. The molecule has 0 aliphatic carbocycles. The van der Waals surface area contributed by atoms with Crippen LogP contribution in [0.3, 0.4) is 0 Å². The Balaban J connectivity index is 3.03. The van der Waals surface area contributed by atoms with Gasteiger partial charge in [-0.25, -0.2) is 0 Å². The van der Waals surface area contributed by atoms with Crippen molar-refractivity contribution >= 4 is 34.1 Å². The number of rotatable bonds is 0. The van der Waals surface area contributed by atoms with Crippen LogP contribution in [0.5, 0.6) is 0 Å². The van der Waals surface area contributed by atoms with E-state index < -0.39 is 0 Å². The van der Waals surface area contributed by atoms with Crippen LogP contribution < -0.4 is 5.43 Å². The number of aromatic nitrogens is 1. The highest BCUT2D eigenvalue weighted by atomic mass is 35.5. The highest BCUT2D eigenvalue weighted by Gasteiger charge is 2.06. The number of halogens is 2. The van der Waals surface area contributed by atoms with Gasteiger partial charge in [0.1, 0.15) is 10.2 Å². The first kappa shape index (κ1) is 8.60. The average molecular weight is 214 g/mol. The molecule has 0 aliphatic heterocycles. The van der Waals surface area contributed by atoms with Crippen LogP contribution in [-0.2, 0) is 0 Å². The Morgan fingerprint density at radius 2 is 1.85 bits per heavy atom. The number of nitrogens with one attached hydrogen (secondary N) is 1. The fourth-order valence-electron chi connectivity index (χ4n) is 1.18. The van der Waals surface area contributed by atoms with Gasteiger partial charge in [-0.3, -0.25) is 4.79 Å². The van der Waals surface area contributed by atoms with Crippen LogP contribution in [0.1, 0.15) is 0 Å². The molecule has 0 saturated heterocycles. The molecule has 1 aromatic carbocycles. The van der Waals surface area contributed by atoms with E-state index >= 15 is 0 Å². The summed E-state index contributed by atoms with van der Waals surface area (Å²) in [4.78, 5) is 14.3. The van der Waals surface area contributed by atoms with Crippen molar-refractivity contribution in [1.29, 1.82) is 0 Å². The highest BCUT2D eigenvalue weighted by Crippen LogP contribution is 2.18. The summed E-state index contributed by atoms with van der Waals surface area (Å²) in [6.45, 7) is 0. The Morgan fingerprint density at radius 3 is 2.62 bits per heavy atom. The van der Waals surface area contributed by atoms with Crippen LogP contribution >= 0.6 is 23.2 Å². The van der Waals surface area contributed by atoms with E-state index in [-0.39, 0.29) is 15.6 Å². The van der Waals surface area contributed by atoms with Crippen molar-refractivity contribution in [2.75, 3.05) is 0 Å². The van der Waals surface area contributed by atoms with Crippen LogP contribution in [0.4, 0.5) is 0 Å². The molecule has 0 aliphatic rings. The van der Waals surface area contributed by atoms with Gasteiger partial charge in [-0.15, -0.1) is 0 Å². The molecule has 0 bridgehead atoms. The van der Waals surface area contributed by atoms with Crippen molar-refractivity contribution < 1.29 is 0 Å². The summed E-state index contributed by atoms with van der Waals surface area (Å²) in [5.74, 6) is 0. The highest BCUT2D eigenvalue weighted by molar-refractivity contribution is 6.41. The lowest BCUT2D eigenvalue weighted by atomic mass is 10.2. The second kappa shape index (κ2) is 3.05. The van der Waals surface area contributed by atoms with Crippen LogP contribution in [0.2, 0.25) is 10.2 Å². The second-order valence-corrected chi connectivity index (χ2v) is 3.38. The average Bonchev–Trinajstić information content (AvgIpc) is 2.15. The summed E-state index contributed by atoms with van der Waals surface area (Å²) >= 11 is 11.4. The largest absolute Gasteiger partial charge is 0.344 e. The van der Waals surface area contributed by atoms with E-state index in [1.165, 1.54) is 0 Å². The van der Waals surface area contributed by atoms with Crippen molar-refractivity contribution in [1.82, 2.24) is 4.98 Å². The lowest BCUT2D eigenvalue weighted by Crippen LogP contribution is -2.03. The quantitative estimate of drug-likeness (QED) is 0.672. The molecule has 0 atom stereocenters. The smallest absolute Gasteiger partial charge is 0.209 e. The second-order valence-electron chi connectivity index (χ2n) is 2.63. The first-order valence-corrected chi connectivity index (χ1v) is 4.42. The van der Waals surface area contributed by atoms with Gasteiger partial charge >= 0.3 is 0 Å². The van der Waals surface area contributed by atoms with Gasteiger partial charge in [-0.2, -0.15) is 0 Å². The summed E-state index contributed by atoms with van der Waals surface area (Å²) in [7, 11) is 0. The lowest BCUT2D eigenvalue weighted by molar-refractivity contribution is 1.39. The molecule has 66 valence electrons. The molecule has 1 N–H and O–H groups in total. The van der Waals surface area contributed by atoms with E-state index in [1.54, 1.807) is 18.2 Å². The van der Waals surface area contributed by atoms with Gasteiger partial charge in [0.25, 0.3) is 0 Å². The molecule has 4 heteroatoms. The van der Waals surface area contributed by atoms with E-state index in [4.69, 9.17) is 23.2 Å². The number of H-pyrrole nitrogens is 1. The maximum Gasteiger partial charge on any atom is 0.209 e. The van der Waals surface area contributed by atoms with E-state index in [2.05, 4.69) is 4.98 Å². The number of para-hydroxylation sites is 1. The standard InChI is InChI=1S/C9H5Cl2NO/c10-7-8(13)5-3-1-2-4-6(5)12-9(7)11/h1-4H,(H,12,13). The SMILES string of the molecule is O=c1c(Cl)c(Cl)[nH]c2ccccc12. The minimum absolute atomic E-state index is 0.0420. The van der Waals surface area contributed by atoms with E-state index in [1.807, 2.05) is 6.07 Å². The molecule has 2 aromatic rings. The first-order valence-electron chi connectivity index (χ1n) is 3.66. The van der Waals surface area contributed by atoms with Crippen molar-refractivity contribution in [2.45, 2.75) is 0 Å². The van der Waals surface area contributed by atoms with Crippen LogP contribution in [0.15, 0.2) is 29.1 Å². The Morgan fingerprint density at radius 1 is 1.15 bits per heavy atom. The molecule has 13 heavy (non-hydrogen) atoms. The Hall–Kier alpha value is -0.990. The lowest BCUT2D eigenvalue weighted by Gasteiger charge is -1.99. The van der Waals surface area contributed by atoms with Crippen molar-refractivity contribution in [3.63, 3.8) is 0 Å². The molecule has 2 nitrogen and oxygen atoms in total. The molecule has 0 unspecified atom stereocenters. The van der Waals surface area contributed by atoms with Gasteiger partial charge in [-0.1, -0.05) is 35.3 Å². The molecular weight excluding hydrogens is 209 g/mol. The molecule has 1 aromatic heterocycles. The topological polar surface area (TPSA) is 32.9 Å². The summed E-state index contributed by atoms with van der Waals surface area (Å²) in [6.07, 6.45) is 0. The molecule has 0 fully saturated rings. The van der Waals surface area contributed by atoms with Crippen molar-refractivity contribution in [3.8, 4) is 0 Å². The maximum absolute atomic E-state index is 11.5. The minimum atomic E-state index is -0.235. The summed E-state index contributed by atoms with van der Waals surface area (Å²) in [6, 6.07) is 7.08. The third kappa shape index (κ3) is 1.32. The summed E-state index contributed by atoms with van der Waals surface area (Å²) < 4.78 is 0. The Kier molecular flexibility index (Phi) is 2.02.